The summed E-state index contributed by atoms with van der Waals surface area (Å²) in [6.07, 6.45) is 0. The standard InChI is InChI=1S/C13H10ClF2N/c14-12-5-4-9(6-13(12)16)8-17-11-3-1-2-10(15)7-11/h1-7,17H,8H2. The summed E-state index contributed by atoms with van der Waals surface area (Å²) in [4.78, 5) is 0. The van der Waals surface area contributed by atoms with Crippen LogP contribution in [0.1, 0.15) is 5.56 Å². The minimum Gasteiger partial charge on any atom is -0.381 e. The second-order valence-electron chi connectivity index (χ2n) is 3.61. The summed E-state index contributed by atoms with van der Waals surface area (Å²) in [5, 5.41) is 3.10. The van der Waals surface area contributed by atoms with E-state index in [-0.39, 0.29) is 10.8 Å². The molecule has 2 aromatic rings. The van der Waals surface area contributed by atoms with Gasteiger partial charge in [-0.2, -0.15) is 0 Å². The van der Waals surface area contributed by atoms with Gasteiger partial charge in [0.2, 0.25) is 0 Å². The molecule has 0 saturated heterocycles. The van der Waals surface area contributed by atoms with Gasteiger partial charge in [-0.05, 0) is 35.9 Å². The van der Waals surface area contributed by atoms with Crippen LogP contribution in [0.2, 0.25) is 5.02 Å². The van der Waals surface area contributed by atoms with Crippen LogP contribution in [0, 0.1) is 11.6 Å². The van der Waals surface area contributed by atoms with Gasteiger partial charge in [-0.25, -0.2) is 8.78 Å². The second kappa shape index (κ2) is 5.15. The van der Waals surface area contributed by atoms with Crippen molar-refractivity contribution in [2.24, 2.45) is 0 Å². The summed E-state index contributed by atoms with van der Waals surface area (Å²) in [6, 6.07) is 10.7. The molecule has 0 heterocycles. The van der Waals surface area contributed by atoms with E-state index in [1.807, 2.05) is 0 Å². The monoisotopic (exact) mass is 253 g/mol. The molecule has 0 aliphatic carbocycles. The summed E-state index contributed by atoms with van der Waals surface area (Å²) in [5.74, 6) is -0.762. The lowest BCUT2D eigenvalue weighted by atomic mass is 10.2. The summed E-state index contributed by atoms with van der Waals surface area (Å²) >= 11 is 5.57. The van der Waals surface area contributed by atoms with Crippen LogP contribution in [0.4, 0.5) is 14.5 Å². The fraction of sp³-hybridized carbons (Fsp3) is 0.0769. The van der Waals surface area contributed by atoms with Gasteiger partial charge in [0.1, 0.15) is 11.6 Å². The molecule has 17 heavy (non-hydrogen) atoms. The first-order valence-corrected chi connectivity index (χ1v) is 5.46. The van der Waals surface area contributed by atoms with Crippen molar-refractivity contribution in [1.29, 1.82) is 0 Å². The smallest absolute Gasteiger partial charge is 0.142 e. The van der Waals surface area contributed by atoms with E-state index >= 15 is 0 Å². The highest BCUT2D eigenvalue weighted by Gasteiger charge is 2.01. The van der Waals surface area contributed by atoms with E-state index in [4.69, 9.17) is 11.6 Å². The number of nitrogens with one attached hydrogen (secondary N) is 1. The highest BCUT2D eigenvalue weighted by atomic mass is 35.5. The highest BCUT2D eigenvalue weighted by molar-refractivity contribution is 6.30. The Hall–Kier alpha value is -1.61. The van der Waals surface area contributed by atoms with Gasteiger partial charge in [0.05, 0.1) is 5.02 Å². The molecule has 2 aromatic carbocycles. The number of halogens is 3. The van der Waals surface area contributed by atoms with Gasteiger partial charge in [0.15, 0.2) is 0 Å². The third kappa shape index (κ3) is 3.17. The molecule has 0 spiro atoms. The summed E-state index contributed by atoms with van der Waals surface area (Å²) in [5.41, 5.74) is 1.40. The molecule has 4 heteroatoms. The molecular formula is C13H10ClF2N. The van der Waals surface area contributed by atoms with Crippen molar-refractivity contribution in [2.75, 3.05) is 5.32 Å². The van der Waals surface area contributed by atoms with Gasteiger partial charge in [0.25, 0.3) is 0 Å². The van der Waals surface area contributed by atoms with Crippen LogP contribution in [-0.2, 0) is 6.54 Å². The highest BCUT2D eigenvalue weighted by Crippen LogP contribution is 2.17. The van der Waals surface area contributed by atoms with Crippen LogP contribution < -0.4 is 5.32 Å². The third-order valence-electron chi connectivity index (χ3n) is 2.31. The number of rotatable bonds is 3. The second-order valence-corrected chi connectivity index (χ2v) is 4.02. The van der Waals surface area contributed by atoms with E-state index in [1.165, 1.54) is 24.3 Å². The Kier molecular flexibility index (Phi) is 3.59. The molecule has 0 radical (unpaired) electrons. The van der Waals surface area contributed by atoms with Gasteiger partial charge >= 0.3 is 0 Å². The molecule has 0 aromatic heterocycles. The molecule has 1 nitrogen and oxygen atoms in total. The van der Waals surface area contributed by atoms with Gasteiger partial charge in [-0.1, -0.05) is 23.7 Å². The maximum Gasteiger partial charge on any atom is 0.142 e. The maximum absolute atomic E-state index is 13.1. The van der Waals surface area contributed by atoms with E-state index in [9.17, 15) is 8.78 Å². The Balaban J connectivity index is 2.05. The average molecular weight is 254 g/mol. The van der Waals surface area contributed by atoms with E-state index < -0.39 is 5.82 Å². The molecule has 1 N–H and O–H groups in total. The van der Waals surface area contributed by atoms with Crippen LogP contribution in [-0.4, -0.2) is 0 Å². The average Bonchev–Trinajstić information content (AvgIpc) is 2.31. The summed E-state index contributed by atoms with van der Waals surface area (Å²) in [7, 11) is 0. The molecule has 2 rings (SSSR count). The molecular weight excluding hydrogens is 244 g/mol. The summed E-state index contributed by atoms with van der Waals surface area (Å²) < 4.78 is 26.0. The fourth-order valence-corrected chi connectivity index (χ4v) is 1.57. The van der Waals surface area contributed by atoms with Gasteiger partial charge in [0, 0.05) is 12.2 Å². The molecule has 0 aliphatic heterocycles. The Labute approximate surface area is 103 Å². The maximum atomic E-state index is 13.1. The third-order valence-corrected chi connectivity index (χ3v) is 2.61. The summed E-state index contributed by atoms with van der Waals surface area (Å²) in [6.45, 7) is 0.414. The van der Waals surface area contributed by atoms with Crippen LogP contribution in [0.5, 0.6) is 0 Å². The first-order chi connectivity index (χ1) is 8.15. The number of benzene rings is 2. The number of anilines is 1. The largest absolute Gasteiger partial charge is 0.381 e. The normalized spacial score (nSPS) is 10.3. The van der Waals surface area contributed by atoms with Crippen molar-refractivity contribution in [1.82, 2.24) is 0 Å². The quantitative estimate of drug-likeness (QED) is 0.863. The zero-order valence-electron chi connectivity index (χ0n) is 8.88. The fourth-order valence-electron chi connectivity index (χ4n) is 1.45. The van der Waals surface area contributed by atoms with Gasteiger partial charge in [-0.15, -0.1) is 0 Å². The van der Waals surface area contributed by atoms with Crippen molar-refractivity contribution in [2.45, 2.75) is 6.54 Å². The lowest BCUT2D eigenvalue weighted by Crippen LogP contribution is -2.00. The Morgan fingerprint density at radius 2 is 1.88 bits per heavy atom. The lowest BCUT2D eigenvalue weighted by Gasteiger charge is -2.07. The molecule has 0 aliphatic rings. The van der Waals surface area contributed by atoms with E-state index in [0.29, 0.717) is 12.2 Å². The SMILES string of the molecule is Fc1cccc(NCc2ccc(Cl)c(F)c2)c1. The Bertz CT molecular complexity index is 529. The predicted molar refractivity (Wildman–Crippen MR) is 65.1 cm³/mol. The van der Waals surface area contributed by atoms with Gasteiger partial charge < -0.3 is 5.32 Å². The zero-order valence-corrected chi connectivity index (χ0v) is 9.64. The molecule has 0 fully saturated rings. The van der Waals surface area contributed by atoms with E-state index in [2.05, 4.69) is 5.32 Å². The molecule has 0 unspecified atom stereocenters. The van der Waals surface area contributed by atoms with Crippen molar-refractivity contribution in [3.05, 3.63) is 64.7 Å². The zero-order chi connectivity index (χ0) is 12.3. The first-order valence-electron chi connectivity index (χ1n) is 5.08. The molecule has 88 valence electrons. The lowest BCUT2D eigenvalue weighted by molar-refractivity contribution is 0.625. The Morgan fingerprint density at radius 3 is 2.59 bits per heavy atom. The molecule has 0 atom stereocenters. The molecule has 0 saturated carbocycles. The number of hydrogen-bond acceptors (Lipinski definition) is 1. The first kappa shape index (κ1) is 11.9. The van der Waals surface area contributed by atoms with Gasteiger partial charge in [-0.3, -0.25) is 0 Å². The van der Waals surface area contributed by atoms with Crippen LogP contribution in [0.15, 0.2) is 42.5 Å². The van der Waals surface area contributed by atoms with Crippen LogP contribution in [0.25, 0.3) is 0 Å². The molecule has 0 bridgehead atoms. The minimum atomic E-state index is -0.454. The minimum absolute atomic E-state index is 0.0968. The Morgan fingerprint density at radius 1 is 1.06 bits per heavy atom. The van der Waals surface area contributed by atoms with Crippen molar-refractivity contribution in [3.63, 3.8) is 0 Å². The van der Waals surface area contributed by atoms with Crippen molar-refractivity contribution >= 4 is 17.3 Å². The van der Waals surface area contributed by atoms with Crippen LogP contribution in [0.3, 0.4) is 0 Å². The molecule has 0 amide bonds. The predicted octanol–water partition coefficient (Wildman–Crippen LogP) is 4.23. The van der Waals surface area contributed by atoms with Crippen molar-refractivity contribution in [3.8, 4) is 0 Å². The van der Waals surface area contributed by atoms with Crippen LogP contribution >= 0.6 is 11.6 Å². The van der Waals surface area contributed by atoms with E-state index in [1.54, 1.807) is 18.2 Å². The number of hydrogen-bond donors (Lipinski definition) is 1. The van der Waals surface area contributed by atoms with Crippen molar-refractivity contribution < 1.29 is 8.78 Å². The topological polar surface area (TPSA) is 12.0 Å². The van der Waals surface area contributed by atoms with E-state index in [0.717, 1.165) is 5.56 Å².